The summed E-state index contributed by atoms with van der Waals surface area (Å²) in [6.45, 7) is 6.30. The molecule has 1 heterocycles. The lowest BCUT2D eigenvalue weighted by molar-refractivity contribution is 0.657. The number of benzene rings is 3. The van der Waals surface area contributed by atoms with E-state index in [1.54, 1.807) is 0 Å². The zero-order valence-electron chi connectivity index (χ0n) is 13.4. The third-order valence-electron chi connectivity index (χ3n) is 4.38. The maximum absolute atomic E-state index is 6.08. The molecule has 0 N–H and O–H groups in total. The van der Waals surface area contributed by atoms with Gasteiger partial charge < -0.3 is 4.90 Å². The van der Waals surface area contributed by atoms with Crippen LogP contribution in [0.25, 0.3) is 33.0 Å². The first-order chi connectivity index (χ1) is 11.3. The van der Waals surface area contributed by atoms with Crippen LogP contribution in [0.2, 0.25) is 0 Å². The highest BCUT2D eigenvalue weighted by Crippen LogP contribution is 2.33. The molecule has 0 aliphatic rings. The van der Waals surface area contributed by atoms with Gasteiger partial charge in [-0.05, 0) is 37.4 Å². The van der Waals surface area contributed by atoms with E-state index in [-0.39, 0.29) is 0 Å². The molecule has 4 rings (SSSR count). The Labute approximate surface area is 135 Å². The molecule has 1 aromatic heterocycles. The number of hydrogen-bond acceptors (Lipinski definition) is 2. The van der Waals surface area contributed by atoms with Gasteiger partial charge in [0.05, 0.1) is 0 Å². The molecule has 0 amide bonds. The molecule has 3 aromatic carbocycles. The Bertz CT molecular complexity index is 1010. The van der Waals surface area contributed by atoms with Crippen LogP contribution >= 0.6 is 0 Å². The number of nitrogens with zero attached hydrogens (tertiary/aromatic N) is 2. The number of hydrogen-bond donors (Lipinski definition) is 0. The van der Waals surface area contributed by atoms with Crippen molar-refractivity contribution in [2.24, 2.45) is 0 Å². The summed E-state index contributed by atoms with van der Waals surface area (Å²) in [7, 11) is 0. The Kier molecular flexibility index (Phi) is 3.34. The molecule has 3 nitrogen and oxygen atoms in total. The van der Waals surface area contributed by atoms with Crippen molar-refractivity contribution >= 4 is 38.7 Å². The van der Waals surface area contributed by atoms with Crippen molar-refractivity contribution in [2.45, 2.75) is 13.8 Å². The van der Waals surface area contributed by atoms with Crippen LogP contribution < -0.4 is 4.90 Å². The molecule has 0 unspecified atom stereocenters. The molecule has 0 atom stereocenters. The van der Waals surface area contributed by atoms with E-state index in [9.17, 15) is 0 Å². The van der Waals surface area contributed by atoms with Crippen molar-refractivity contribution in [1.29, 1.82) is 0 Å². The fourth-order valence-electron chi connectivity index (χ4n) is 3.22. The minimum atomic E-state index is 0.819. The summed E-state index contributed by atoms with van der Waals surface area (Å²) in [5, 5.41) is 2.36. The molecule has 0 saturated carbocycles. The largest absolute Gasteiger partial charge is 0.379 e. The van der Waals surface area contributed by atoms with Gasteiger partial charge in [-0.2, -0.15) is 0 Å². The van der Waals surface area contributed by atoms with E-state index in [1.807, 2.05) is 30.3 Å². The van der Waals surface area contributed by atoms with E-state index in [1.165, 1.54) is 16.5 Å². The van der Waals surface area contributed by atoms with E-state index in [0.29, 0.717) is 0 Å². The highest BCUT2D eigenvalue weighted by atomic mass is 16.3. The summed E-state index contributed by atoms with van der Waals surface area (Å²) in [4.78, 5) is 7.26. The number of aromatic nitrogens is 1. The number of anilines is 1. The molecule has 4 aromatic rings. The SMILES string of the molecule is CCN(CC)c1cccc2ccc3[o+]c4ccccc4nc3c12. The predicted molar refractivity (Wildman–Crippen MR) is 97.0 cm³/mol. The van der Waals surface area contributed by atoms with Crippen LogP contribution in [0.1, 0.15) is 13.8 Å². The molecule has 114 valence electrons. The van der Waals surface area contributed by atoms with Crippen LogP contribution in [0, 0.1) is 0 Å². The van der Waals surface area contributed by atoms with Crippen molar-refractivity contribution in [1.82, 2.24) is 4.98 Å². The first kappa shape index (κ1) is 13.9. The maximum atomic E-state index is 6.08. The van der Waals surface area contributed by atoms with Gasteiger partial charge in [-0.1, -0.05) is 24.3 Å². The Hall–Kier alpha value is -2.68. The number of rotatable bonds is 3. The van der Waals surface area contributed by atoms with Gasteiger partial charge in [0.2, 0.25) is 0 Å². The molecular weight excluding hydrogens is 284 g/mol. The Balaban J connectivity index is 2.15. The topological polar surface area (TPSA) is 27.4 Å². The lowest BCUT2D eigenvalue weighted by Gasteiger charge is -2.22. The molecule has 3 heteroatoms. The van der Waals surface area contributed by atoms with Crippen molar-refractivity contribution in [3.63, 3.8) is 0 Å². The average Bonchev–Trinajstić information content (AvgIpc) is 2.61. The molecule has 23 heavy (non-hydrogen) atoms. The van der Waals surface area contributed by atoms with Crippen LogP contribution in [-0.2, 0) is 0 Å². The van der Waals surface area contributed by atoms with Gasteiger partial charge in [0.1, 0.15) is 0 Å². The fraction of sp³-hybridized carbons (Fsp3) is 0.200. The molecule has 0 spiro atoms. The fourth-order valence-corrected chi connectivity index (χ4v) is 3.22. The van der Waals surface area contributed by atoms with Crippen molar-refractivity contribution < 1.29 is 4.42 Å². The van der Waals surface area contributed by atoms with Crippen LogP contribution in [0.15, 0.2) is 59.0 Å². The second-order valence-corrected chi connectivity index (χ2v) is 5.64. The average molecular weight is 303 g/mol. The van der Waals surface area contributed by atoms with Gasteiger partial charge in [-0.3, -0.25) is 0 Å². The van der Waals surface area contributed by atoms with E-state index in [4.69, 9.17) is 9.40 Å². The zero-order valence-corrected chi connectivity index (χ0v) is 13.4. The molecule has 0 radical (unpaired) electrons. The molecular formula is C20H19N2O+. The molecule has 0 aliphatic carbocycles. The van der Waals surface area contributed by atoms with E-state index >= 15 is 0 Å². The number of para-hydroxylation sites is 2. The quantitative estimate of drug-likeness (QED) is 0.293. The van der Waals surface area contributed by atoms with Gasteiger partial charge in [-0.25, -0.2) is 9.40 Å². The normalized spacial score (nSPS) is 11.4. The van der Waals surface area contributed by atoms with E-state index < -0.39 is 0 Å². The van der Waals surface area contributed by atoms with Crippen molar-refractivity contribution in [3.8, 4) is 0 Å². The Morgan fingerprint density at radius 1 is 0.870 bits per heavy atom. The monoisotopic (exact) mass is 303 g/mol. The molecule has 0 saturated heterocycles. The zero-order chi connectivity index (χ0) is 15.8. The lowest BCUT2D eigenvalue weighted by Crippen LogP contribution is -2.22. The van der Waals surface area contributed by atoms with E-state index in [2.05, 4.69) is 43.0 Å². The second kappa shape index (κ2) is 5.51. The summed E-state index contributed by atoms with van der Waals surface area (Å²) < 4.78 is 6.08. The first-order valence-electron chi connectivity index (χ1n) is 8.11. The van der Waals surface area contributed by atoms with Gasteiger partial charge in [0.15, 0.2) is 11.0 Å². The summed E-state index contributed by atoms with van der Waals surface area (Å²) in [5.41, 5.74) is 4.69. The van der Waals surface area contributed by atoms with Gasteiger partial charge in [-0.15, -0.1) is 0 Å². The van der Waals surface area contributed by atoms with Crippen LogP contribution in [0.3, 0.4) is 0 Å². The van der Waals surface area contributed by atoms with Gasteiger partial charge in [0, 0.05) is 36.3 Å². The molecule has 0 bridgehead atoms. The highest BCUT2D eigenvalue weighted by molar-refractivity contribution is 6.11. The summed E-state index contributed by atoms with van der Waals surface area (Å²) in [5.74, 6) is 0. The number of fused-ring (bicyclic) bond motifs is 4. The van der Waals surface area contributed by atoms with Crippen LogP contribution in [0.4, 0.5) is 5.69 Å². The minimum Gasteiger partial charge on any atom is -0.372 e. The Morgan fingerprint density at radius 3 is 2.52 bits per heavy atom. The minimum absolute atomic E-state index is 0.819. The van der Waals surface area contributed by atoms with Gasteiger partial charge in [0.25, 0.3) is 0 Å². The lowest BCUT2D eigenvalue weighted by atomic mass is 10.1. The van der Waals surface area contributed by atoms with Crippen molar-refractivity contribution in [3.05, 3.63) is 54.6 Å². The smallest absolute Gasteiger partial charge is 0.372 e. The summed E-state index contributed by atoms with van der Waals surface area (Å²) in [6.07, 6.45) is 0. The van der Waals surface area contributed by atoms with Crippen molar-refractivity contribution in [2.75, 3.05) is 18.0 Å². The Morgan fingerprint density at radius 2 is 1.70 bits per heavy atom. The van der Waals surface area contributed by atoms with Crippen LogP contribution in [0.5, 0.6) is 0 Å². The predicted octanol–water partition coefficient (Wildman–Crippen LogP) is 5.26. The molecule has 0 fully saturated rings. The summed E-state index contributed by atoms with van der Waals surface area (Å²) in [6, 6.07) is 18.5. The molecule has 0 aliphatic heterocycles. The van der Waals surface area contributed by atoms with Gasteiger partial charge >= 0.3 is 11.2 Å². The second-order valence-electron chi connectivity index (χ2n) is 5.64. The highest BCUT2D eigenvalue weighted by Gasteiger charge is 2.18. The maximum Gasteiger partial charge on any atom is 0.379 e. The van der Waals surface area contributed by atoms with Crippen LogP contribution in [-0.4, -0.2) is 18.1 Å². The third kappa shape index (κ3) is 2.20. The summed E-state index contributed by atoms with van der Waals surface area (Å²) >= 11 is 0. The first-order valence-corrected chi connectivity index (χ1v) is 8.11. The standard InChI is InChI=1S/C20H19N2O/c1-3-22(4-2)16-10-7-8-14-12-13-18-20(19(14)16)21-15-9-5-6-11-17(15)23-18/h5-13H,3-4H2,1-2H3/q+1. The van der Waals surface area contributed by atoms with E-state index in [0.717, 1.165) is 35.3 Å². The third-order valence-corrected chi connectivity index (χ3v) is 4.38.